The van der Waals surface area contributed by atoms with Crippen LogP contribution in [-0.2, 0) is 17.4 Å². The first-order chi connectivity index (χ1) is 20.5. The molecule has 6 rings (SSSR count). The average molecular weight is 672 g/mol. The second kappa shape index (κ2) is 14.9. The molecule has 0 bridgehead atoms. The maximum Gasteiger partial charge on any atom is -1.00 e. The molecule has 223 valence electrons. The molecule has 44 heavy (non-hydrogen) atoms. The molecular formula is C38H38Cl2NOSiTi. The third-order valence-electron chi connectivity index (χ3n) is 8.58. The molecule has 0 aromatic heterocycles. The molecule has 1 N–H and O–H groups in total. The van der Waals surface area contributed by atoms with Crippen LogP contribution in [0, 0.1) is 0 Å². The normalized spacial score (nSPS) is 11.9. The van der Waals surface area contributed by atoms with E-state index in [0.717, 1.165) is 16.7 Å². The van der Waals surface area contributed by atoms with Gasteiger partial charge >= 0.3 is 259 Å². The fraction of sp³-hybridized carbons (Fsp3) is 0.184. The van der Waals surface area contributed by atoms with Crippen molar-refractivity contribution in [1.82, 2.24) is 3.80 Å². The van der Waals surface area contributed by atoms with Gasteiger partial charge in [0.25, 0.3) is 0 Å². The number of rotatable bonds is 8. The van der Waals surface area contributed by atoms with Crippen molar-refractivity contribution in [3.63, 3.8) is 0 Å². The molecule has 1 amide bonds. The number of benzene rings is 5. The van der Waals surface area contributed by atoms with Crippen LogP contribution in [0.4, 0.5) is 0 Å². The number of fused-ring (bicyclic) bond motifs is 3. The van der Waals surface area contributed by atoms with Gasteiger partial charge < -0.3 is 24.8 Å². The zero-order chi connectivity index (χ0) is 29.2. The van der Waals surface area contributed by atoms with Gasteiger partial charge in [0.1, 0.15) is 0 Å². The zero-order valence-corrected chi connectivity index (χ0v) is 29.8. The van der Waals surface area contributed by atoms with Crippen molar-refractivity contribution in [3.05, 3.63) is 155 Å². The van der Waals surface area contributed by atoms with Gasteiger partial charge in [0.2, 0.25) is 0 Å². The molecule has 0 saturated carbocycles. The van der Waals surface area contributed by atoms with Crippen molar-refractivity contribution in [2.24, 2.45) is 0 Å². The second-order valence-corrected chi connectivity index (χ2v) is 22.1. The van der Waals surface area contributed by atoms with Gasteiger partial charge in [-0.05, 0) is 0 Å². The van der Waals surface area contributed by atoms with Crippen molar-refractivity contribution in [3.8, 4) is 11.1 Å². The van der Waals surface area contributed by atoms with Gasteiger partial charge in [0.15, 0.2) is 0 Å². The SMILES string of the molecule is CC(C)c1cccc(C(C)C)c1C(=O)[NH][Ti+2]([CH]1c2ccccc2-c2ccccc21)[SiH](c1ccccc1)c1ccccc1.[Cl-].[Cl-]. The Hall–Kier alpha value is -2.92. The minimum absolute atomic E-state index is 0. The summed E-state index contributed by atoms with van der Waals surface area (Å²) in [6.07, 6.45) is 0. The van der Waals surface area contributed by atoms with Gasteiger partial charge in [-0.1, -0.05) is 0 Å². The Balaban J connectivity index is 0.00000221. The molecule has 0 heterocycles. The molecule has 0 fully saturated rings. The first-order valence-corrected chi connectivity index (χ1v) is 21.2. The number of nitrogens with one attached hydrogen (secondary N) is 1. The molecule has 0 spiro atoms. The van der Waals surface area contributed by atoms with E-state index in [4.69, 9.17) is 0 Å². The van der Waals surface area contributed by atoms with Gasteiger partial charge in [-0.15, -0.1) is 0 Å². The zero-order valence-electron chi connectivity index (χ0n) is 25.6. The van der Waals surface area contributed by atoms with Gasteiger partial charge in [0.05, 0.1) is 0 Å². The second-order valence-electron chi connectivity index (χ2n) is 11.9. The smallest absolute Gasteiger partial charge is 1.00 e. The molecule has 0 saturated heterocycles. The Morgan fingerprint density at radius 3 is 1.43 bits per heavy atom. The van der Waals surface area contributed by atoms with E-state index in [0.29, 0.717) is 0 Å². The first-order valence-electron chi connectivity index (χ1n) is 15.0. The Morgan fingerprint density at radius 2 is 1.00 bits per heavy atom. The topological polar surface area (TPSA) is 29.1 Å². The first kappa shape index (κ1) is 34.0. The van der Waals surface area contributed by atoms with Crippen molar-refractivity contribution < 1.29 is 47.0 Å². The maximum atomic E-state index is 14.8. The van der Waals surface area contributed by atoms with Crippen molar-refractivity contribution >= 4 is 22.9 Å². The Bertz CT molecular complexity index is 1600. The van der Waals surface area contributed by atoms with Gasteiger partial charge in [-0.2, -0.15) is 0 Å². The fourth-order valence-corrected chi connectivity index (χ4v) is 21.5. The van der Waals surface area contributed by atoms with E-state index < -0.39 is 24.0 Å². The molecule has 6 heteroatoms. The summed E-state index contributed by atoms with van der Waals surface area (Å²) in [4.78, 5) is 14.8. The molecule has 0 unspecified atom stereocenters. The van der Waals surface area contributed by atoms with Crippen LogP contribution in [0.5, 0.6) is 0 Å². The van der Waals surface area contributed by atoms with Gasteiger partial charge in [-0.3, -0.25) is 0 Å². The molecule has 5 aromatic carbocycles. The molecular weight excluding hydrogens is 633 g/mol. The number of carbonyl (C=O) groups is 1. The molecule has 0 aliphatic heterocycles. The van der Waals surface area contributed by atoms with E-state index >= 15 is 0 Å². The standard InChI is InChI=1S/C13H19NO.C13H9.C12H11Si.2ClH.Ti/c1-8(2)10-6-5-7-11(9(3)4)12(10)13(14)15;1-3-7-12-10(5-1)9-11-6-2-4-8-13(11)12;1-3-7-11(8-4-1)13-12-9-5-2-6-10-12;;;/h5-9H,1-4H3,(H2,14,15);1-9H;1-10,13H;2*1H;/q;;;;;+3/p-3. The van der Waals surface area contributed by atoms with Crippen LogP contribution in [0.3, 0.4) is 0 Å². The number of hydrogen-bond donors (Lipinski definition) is 1. The van der Waals surface area contributed by atoms with E-state index in [1.54, 1.807) is 0 Å². The molecule has 2 nitrogen and oxygen atoms in total. The molecule has 5 aromatic rings. The van der Waals surface area contributed by atoms with Crippen LogP contribution in [0.15, 0.2) is 127 Å². The van der Waals surface area contributed by atoms with Gasteiger partial charge in [-0.25, -0.2) is 0 Å². The Morgan fingerprint density at radius 1 is 0.591 bits per heavy atom. The number of hydrogen-bond acceptors (Lipinski definition) is 1. The van der Waals surface area contributed by atoms with Crippen LogP contribution in [0.25, 0.3) is 11.1 Å². The number of carbonyl (C=O) groups excluding carboxylic acids is 1. The van der Waals surface area contributed by atoms with Crippen LogP contribution in [0.2, 0.25) is 0 Å². The monoisotopic (exact) mass is 670 g/mol. The average Bonchev–Trinajstić information content (AvgIpc) is 3.35. The predicted octanol–water partition coefficient (Wildman–Crippen LogP) is 1.51. The van der Waals surface area contributed by atoms with E-state index in [-0.39, 0.29) is 46.8 Å². The van der Waals surface area contributed by atoms with E-state index in [2.05, 4.69) is 159 Å². The fourth-order valence-electron chi connectivity index (χ4n) is 6.65. The van der Waals surface area contributed by atoms with E-state index in [1.165, 1.54) is 32.6 Å². The third-order valence-corrected chi connectivity index (χ3v) is 22.1. The predicted molar refractivity (Wildman–Crippen MR) is 175 cm³/mol. The van der Waals surface area contributed by atoms with Crippen molar-refractivity contribution in [2.75, 3.05) is 0 Å². The molecule has 1 aliphatic rings. The quantitative estimate of drug-likeness (QED) is 0.250. The van der Waals surface area contributed by atoms with Crippen LogP contribution in [-0.4, -0.2) is 12.6 Å². The summed E-state index contributed by atoms with van der Waals surface area (Å²) in [5, 5.41) is 2.81. The minimum atomic E-state index is -2.53. The third kappa shape index (κ3) is 6.54. The van der Waals surface area contributed by atoms with Crippen LogP contribution >= 0.6 is 0 Å². The summed E-state index contributed by atoms with van der Waals surface area (Å²) < 4.78 is 4.15. The minimum Gasteiger partial charge on any atom is -1.00 e. The number of halogens is 2. The van der Waals surface area contributed by atoms with Crippen molar-refractivity contribution in [2.45, 2.75) is 43.8 Å². The van der Waals surface area contributed by atoms with Crippen LogP contribution in [0.1, 0.15) is 76.4 Å². The summed E-state index contributed by atoms with van der Waals surface area (Å²) in [6, 6.07) is 46.3. The largest absolute Gasteiger partial charge is 1.00 e. The number of amides is 1. The Kier molecular flexibility index (Phi) is 11.5. The summed E-state index contributed by atoms with van der Waals surface area (Å²) in [7, 11) is 0. The van der Waals surface area contributed by atoms with E-state index in [1.807, 2.05) is 0 Å². The summed E-state index contributed by atoms with van der Waals surface area (Å²) in [6.45, 7) is 6.93. The van der Waals surface area contributed by atoms with Crippen molar-refractivity contribution in [1.29, 1.82) is 0 Å². The molecule has 0 atom stereocenters. The summed E-state index contributed by atoms with van der Waals surface area (Å²) >= 11 is -2.53. The summed E-state index contributed by atoms with van der Waals surface area (Å²) in [5.41, 5.74) is 8.55. The Labute approximate surface area is 282 Å². The maximum absolute atomic E-state index is 14.8. The summed E-state index contributed by atoms with van der Waals surface area (Å²) in [5.74, 6) is 0.637. The molecule has 0 radical (unpaired) electrons. The van der Waals surface area contributed by atoms with Crippen LogP contribution < -0.4 is 39.0 Å². The molecule has 1 aliphatic carbocycles. The van der Waals surface area contributed by atoms with Gasteiger partial charge in [0, 0.05) is 0 Å². The van der Waals surface area contributed by atoms with E-state index in [9.17, 15) is 4.79 Å².